The van der Waals surface area contributed by atoms with Gasteiger partial charge in [0, 0.05) is 24.3 Å². The molecule has 0 atom stereocenters. The van der Waals surface area contributed by atoms with Gasteiger partial charge in [-0.3, -0.25) is 9.59 Å². The molecule has 5 heteroatoms. The van der Waals surface area contributed by atoms with Crippen LogP contribution in [0.4, 0.5) is 5.69 Å². The zero-order valence-corrected chi connectivity index (χ0v) is 15.2. The van der Waals surface area contributed by atoms with Crippen LogP contribution in [0.25, 0.3) is 0 Å². The molecule has 0 aliphatic carbocycles. The molecule has 1 aliphatic heterocycles. The van der Waals surface area contributed by atoms with Gasteiger partial charge in [-0.15, -0.1) is 0 Å². The molecule has 1 fully saturated rings. The fourth-order valence-corrected chi connectivity index (χ4v) is 3.04. The lowest BCUT2D eigenvalue weighted by atomic mass is 10.1. The highest BCUT2D eigenvalue weighted by atomic mass is 16.5. The maximum absolute atomic E-state index is 12.5. The van der Waals surface area contributed by atoms with Crippen molar-refractivity contribution in [3.05, 3.63) is 59.2 Å². The number of benzene rings is 2. The number of aryl methyl sites for hydroxylation is 2. The summed E-state index contributed by atoms with van der Waals surface area (Å²) in [4.78, 5) is 26.5. The van der Waals surface area contributed by atoms with E-state index in [1.807, 2.05) is 36.9 Å². The Hall–Kier alpha value is -2.82. The molecule has 5 nitrogen and oxygen atoms in total. The third kappa shape index (κ3) is 4.42. The van der Waals surface area contributed by atoms with E-state index in [1.54, 1.807) is 24.3 Å². The van der Waals surface area contributed by atoms with Crippen molar-refractivity contribution in [1.29, 1.82) is 0 Å². The summed E-state index contributed by atoms with van der Waals surface area (Å²) in [6, 6.07) is 12.9. The van der Waals surface area contributed by atoms with E-state index in [4.69, 9.17) is 4.74 Å². The van der Waals surface area contributed by atoms with Gasteiger partial charge in [0.25, 0.3) is 11.8 Å². The van der Waals surface area contributed by atoms with Crippen LogP contribution in [0.5, 0.6) is 5.75 Å². The Balaban J connectivity index is 1.59. The lowest BCUT2D eigenvalue weighted by Crippen LogP contribution is -2.27. The van der Waals surface area contributed by atoms with Crippen molar-refractivity contribution in [3.8, 4) is 5.75 Å². The van der Waals surface area contributed by atoms with Gasteiger partial charge in [-0.25, -0.2) is 0 Å². The third-order valence-electron chi connectivity index (χ3n) is 4.49. The quantitative estimate of drug-likeness (QED) is 0.895. The van der Waals surface area contributed by atoms with Crippen molar-refractivity contribution in [2.24, 2.45) is 0 Å². The number of hydrogen-bond acceptors (Lipinski definition) is 3. The predicted octanol–water partition coefficient (Wildman–Crippen LogP) is 3.56. The van der Waals surface area contributed by atoms with Crippen LogP contribution in [-0.4, -0.2) is 36.4 Å². The Morgan fingerprint density at radius 1 is 1.08 bits per heavy atom. The van der Waals surface area contributed by atoms with Crippen LogP contribution in [0.15, 0.2) is 42.5 Å². The summed E-state index contributed by atoms with van der Waals surface area (Å²) in [5.74, 6) is 0.472. The molecule has 1 saturated heterocycles. The maximum Gasteiger partial charge on any atom is 0.262 e. The number of amides is 2. The maximum atomic E-state index is 12.5. The minimum absolute atomic E-state index is 0.0187. The Labute approximate surface area is 154 Å². The molecule has 0 unspecified atom stereocenters. The SMILES string of the molecule is Cc1ccc(C)c(OCC(=O)Nc2cccc(C(=O)N3CCCC3)c2)c1. The van der Waals surface area contributed by atoms with Crippen LogP contribution in [-0.2, 0) is 4.79 Å². The van der Waals surface area contributed by atoms with Gasteiger partial charge in [0.2, 0.25) is 0 Å². The average molecular weight is 352 g/mol. The molecule has 1 N–H and O–H groups in total. The van der Waals surface area contributed by atoms with Crippen LogP contribution in [0.3, 0.4) is 0 Å². The van der Waals surface area contributed by atoms with E-state index in [0.717, 1.165) is 37.1 Å². The third-order valence-corrected chi connectivity index (χ3v) is 4.49. The van der Waals surface area contributed by atoms with Crippen molar-refractivity contribution in [1.82, 2.24) is 4.90 Å². The van der Waals surface area contributed by atoms with Crippen molar-refractivity contribution >= 4 is 17.5 Å². The Morgan fingerprint density at radius 3 is 2.62 bits per heavy atom. The molecule has 0 aromatic heterocycles. The highest BCUT2D eigenvalue weighted by molar-refractivity contribution is 5.97. The predicted molar refractivity (Wildman–Crippen MR) is 102 cm³/mol. The molecule has 2 amide bonds. The molecule has 0 bridgehead atoms. The first-order valence-electron chi connectivity index (χ1n) is 8.92. The summed E-state index contributed by atoms with van der Waals surface area (Å²) in [6.07, 6.45) is 2.11. The molecule has 1 heterocycles. The summed E-state index contributed by atoms with van der Waals surface area (Å²) < 4.78 is 5.62. The smallest absolute Gasteiger partial charge is 0.262 e. The highest BCUT2D eigenvalue weighted by Crippen LogP contribution is 2.19. The molecule has 2 aromatic carbocycles. The lowest BCUT2D eigenvalue weighted by Gasteiger charge is -2.16. The molecule has 2 aromatic rings. The number of nitrogens with one attached hydrogen (secondary N) is 1. The summed E-state index contributed by atoms with van der Waals surface area (Å²) in [5.41, 5.74) is 3.27. The van der Waals surface area contributed by atoms with Crippen molar-refractivity contribution in [3.63, 3.8) is 0 Å². The molecule has 0 spiro atoms. The standard InChI is InChI=1S/C21H24N2O3/c1-15-8-9-16(2)19(12-15)26-14-20(24)22-18-7-5-6-17(13-18)21(25)23-10-3-4-11-23/h5-9,12-13H,3-4,10-11,14H2,1-2H3,(H,22,24). The van der Waals surface area contributed by atoms with E-state index in [1.165, 1.54) is 0 Å². The highest BCUT2D eigenvalue weighted by Gasteiger charge is 2.19. The summed E-state index contributed by atoms with van der Waals surface area (Å²) in [6.45, 7) is 5.46. The first-order chi connectivity index (χ1) is 12.5. The van der Waals surface area contributed by atoms with E-state index in [9.17, 15) is 9.59 Å². The molecule has 0 radical (unpaired) electrons. The second-order valence-corrected chi connectivity index (χ2v) is 6.69. The zero-order valence-electron chi connectivity index (χ0n) is 15.2. The monoisotopic (exact) mass is 352 g/mol. The Bertz CT molecular complexity index is 811. The van der Waals surface area contributed by atoms with Crippen LogP contribution in [0.2, 0.25) is 0 Å². The molecule has 1 aliphatic rings. The van der Waals surface area contributed by atoms with E-state index >= 15 is 0 Å². The summed E-state index contributed by atoms with van der Waals surface area (Å²) >= 11 is 0. The molecule has 3 rings (SSSR count). The second-order valence-electron chi connectivity index (χ2n) is 6.69. The van der Waals surface area contributed by atoms with Crippen molar-refractivity contribution < 1.29 is 14.3 Å². The van der Waals surface area contributed by atoms with E-state index < -0.39 is 0 Å². The van der Waals surface area contributed by atoms with E-state index in [2.05, 4.69) is 5.32 Å². The number of rotatable bonds is 5. The minimum Gasteiger partial charge on any atom is -0.483 e. The number of ether oxygens (including phenoxy) is 1. The van der Waals surface area contributed by atoms with Crippen LogP contribution in [0.1, 0.15) is 34.3 Å². The van der Waals surface area contributed by atoms with Crippen molar-refractivity contribution in [2.75, 3.05) is 25.0 Å². The first-order valence-corrected chi connectivity index (χ1v) is 8.92. The molecule has 136 valence electrons. The topological polar surface area (TPSA) is 58.6 Å². The number of carbonyl (C=O) groups is 2. The number of nitrogens with zero attached hydrogens (tertiary/aromatic N) is 1. The molecular weight excluding hydrogens is 328 g/mol. The van der Waals surface area contributed by atoms with Crippen LogP contribution >= 0.6 is 0 Å². The van der Waals surface area contributed by atoms with Gasteiger partial charge in [-0.2, -0.15) is 0 Å². The normalized spacial score (nSPS) is 13.5. The first kappa shape index (κ1) is 18.0. The largest absolute Gasteiger partial charge is 0.483 e. The van der Waals surface area contributed by atoms with Gasteiger partial charge >= 0.3 is 0 Å². The second kappa shape index (κ2) is 8.04. The fourth-order valence-electron chi connectivity index (χ4n) is 3.04. The summed E-state index contributed by atoms with van der Waals surface area (Å²) in [7, 11) is 0. The molecular formula is C21H24N2O3. The van der Waals surface area contributed by atoms with Gasteiger partial charge in [-0.05, 0) is 62.1 Å². The van der Waals surface area contributed by atoms with E-state index in [0.29, 0.717) is 17.0 Å². The van der Waals surface area contributed by atoms with Gasteiger partial charge in [0.1, 0.15) is 5.75 Å². The van der Waals surface area contributed by atoms with Gasteiger partial charge < -0.3 is 15.0 Å². The number of anilines is 1. The Kier molecular flexibility index (Phi) is 5.56. The van der Waals surface area contributed by atoms with E-state index in [-0.39, 0.29) is 18.4 Å². The average Bonchev–Trinajstić information content (AvgIpc) is 3.17. The Morgan fingerprint density at radius 2 is 1.85 bits per heavy atom. The van der Waals surface area contributed by atoms with Crippen LogP contribution < -0.4 is 10.1 Å². The van der Waals surface area contributed by atoms with Crippen LogP contribution in [0, 0.1) is 13.8 Å². The number of likely N-dealkylation sites (tertiary alicyclic amines) is 1. The number of hydrogen-bond donors (Lipinski definition) is 1. The minimum atomic E-state index is -0.253. The summed E-state index contributed by atoms with van der Waals surface area (Å²) in [5, 5.41) is 2.80. The van der Waals surface area contributed by atoms with Gasteiger partial charge in [0.15, 0.2) is 6.61 Å². The molecule has 26 heavy (non-hydrogen) atoms. The zero-order chi connectivity index (χ0) is 18.5. The fraction of sp³-hybridized carbons (Fsp3) is 0.333. The number of carbonyl (C=O) groups excluding carboxylic acids is 2. The lowest BCUT2D eigenvalue weighted by molar-refractivity contribution is -0.118. The molecule has 0 saturated carbocycles. The van der Waals surface area contributed by atoms with Crippen molar-refractivity contribution in [2.45, 2.75) is 26.7 Å². The van der Waals surface area contributed by atoms with Gasteiger partial charge in [-0.1, -0.05) is 18.2 Å². The van der Waals surface area contributed by atoms with Gasteiger partial charge in [0.05, 0.1) is 0 Å².